The third kappa shape index (κ3) is 4.85. The predicted octanol–water partition coefficient (Wildman–Crippen LogP) is 2.40. The molecule has 0 aliphatic heterocycles. The molecule has 0 fully saturated rings. The molecular weight excluding hydrogens is 387 g/mol. The first-order chi connectivity index (χ1) is 13.0. The molecule has 9 heteroatoms. The maximum Gasteiger partial charge on any atom is 0.336 e. The maximum absolute atomic E-state index is 13.4. The van der Waals surface area contributed by atoms with Crippen molar-refractivity contribution in [2.24, 2.45) is 5.92 Å². The summed E-state index contributed by atoms with van der Waals surface area (Å²) in [6, 6.07) is 8.86. The molecule has 3 unspecified atom stereocenters. The molecule has 0 spiro atoms. The first-order valence-electron chi connectivity index (χ1n) is 8.11. The van der Waals surface area contributed by atoms with E-state index in [9.17, 15) is 42.1 Å². The van der Waals surface area contributed by atoms with Crippen LogP contribution in [0.3, 0.4) is 0 Å². The van der Waals surface area contributed by atoms with Crippen molar-refractivity contribution in [3.63, 3.8) is 0 Å². The number of carboxylic acid groups (broad SMARTS) is 1. The van der Waals surface area contributed by atoms with Crippen molar-refractivity contribution in [2.75, 3.05) is 0 Å². The zero-order valence-electron chi connectivity index (χ0n) is 14.2. The summed E-state index contributed by atoms with van der Waals surface area (Å²) in [4.78, 5) is 11.4. The Labute approximate surface area is 156 Å². The lowest BCUT2D eigenvalue weighted by molar-refractivity contribution is -0.314. The Morgan fingerprint density at radius 2 is 1.64 bits per heavy atom. The Morgan fingerprint density at radius 3 is 2.18 bits per heavy atom. The second-order valence-electron chi connectivity index (χ2n) is 6.25. The molecule has 0 aromatic heterocycles. The van der Waals surface area contributed by atoms with Crippen LogP contribution in [0.25, 0.3) is 0 Å². The monoisotopic (exact) mass is 403 g/mol. The Bertz CT molecular complexity index is 810. The predicted molar refractivity (Wildman–Crippen MR) is 85.9 cm³/mol. The number of aliphatic carboxylic acids is 1. The lowest BCUT2D eigenvalue weighted by atomic mass is 9.89. The zero-order valence-corrected chi connectivity index (χ0v) is 14.2. The molecule has 2 rings (SSSR count). The number of aliphatic hydroxyl groups is 2. The standard InChI is InChI=1S/C19H17F5O4/c20-13-6-4-11(5-7-13)15(25)14(17(27)28)9-10-2-1-3-12(8-10)16(26)19(23,24)18(21)22/h1-8,14-16,18,25-26H,9H2,(H,27,28)/p-1. The number of aliphatic hydroxyl groups excluding tert-OH is 2. The summed E-state index contributed by atoms with van der Waals surface area (Å²) in [5.74, 6) is -8.48. The van der Waals surface area contributed by atoms with E-state index in [2.05, 4.69) is 0 Å². The van der Waals surface area contributed by atoms with Crippen molar-refractivity contribution in [2.45, 2.75) is 31.0 Å². The van der Waals surface area contributed by atoms with E-state index >= 15 is 0 Å². The van der Waals surface area contributed by atoms with E-state index in [-0.39, 0.29) is 11.1 Å². The van der Waals surface area contributed by atoms with Crippen molar-refractivity contribution < 1.29 is 42.1 Å². The van der Waals surface area contributed by atoms with Gasteiger partial charge < -0.3 is 20.1 Å². The average Bonchev–Trinajstić information content (AvgIpc) is 2.65. The topological polar surface area (TPSA) is 80.6 Å². The molecule has 2 aromatic carbocycles. The van der Waals surface area contributed by atoms with Crippen LogP contribution in [0.1, 0.15) is 28.9 Å². The summed E-state index contributed by atoms with van der Waals surface area (Å²) in [5, 5.41) is 31.3. The molecule has 0 amide bonds. The molecular formula is C19H16F5O4-. The van der Waals surface area contributed by atoms with Crippen molar-refractivity contribution in [1.82, 2.24) is 0 Å². The average molecular weight is 403 g/mol. The van der Waals surface area contributed by atoms with Gasteiger partial charge in [-0.2, -0.15) is 8.78 Å². The molecule has 152 valence electrons. The van der Waals surface area contributed by atoms with Gasteiger partial charge in [-0.25, -0.2) is 13.2 Å². The van der Waals surface area contributed by atoms with E-state index in [0.29, 0.717) is 0 Å². The molecule has 3 atom stereocenters. The molecule has 0 bridgehead atoms. The van der Waals surface area contributed by atoms with E-state index in [1.165, 1.54) is 24.3 Å². The number of carbonyl (C=O) groups excluding carboxylic acids is 1. The highest BCUT2D eigenvalue weighted by atomic mass is 19.3. The summed E-state index contributed by atoms with van der Waals surface area (Å²) >= 11 is 0. The van der Waals surface area contributed by atoms with E-state index in [4.69, 9.17) is 0 Å². The van der Waals surface area contributed by atoms with Gasteiger partial charge in [0.15, 0.2) is 0 Å². The maximum atomic E-state index is 13.4. The second-order valence-corrected chi connectivity index (χ2v) is 6.25. The number of benzene rings is 2. The third-order valence-corrected chi connectivity index (χ3v) is 4.27. The van der Waals surface area contributed by atoms with Crippen molar-refractivity contribution in [3.05, 3.63) is 71.0 Å². The van der Waals surface area contributed by atoms with Crippen LogP contribution in [0, 0.1) is 11.7 Å². The normalized spacial score (nSPS) is 15.3. The first-order valence-corrected chi connectivity index (χ1v) is 8.11. The number of rotatable bonds is 8. The summed E-state index contributed by atoms with van der Waals surface area (Å²) in [5.41, 5.74) is -0.343. The first kappa shape index (κ1) is 21.8. The van der Waals surface area contributed by atoms with Gasteiger partial charge in [-0.05, 0) is 35.2 Å². The molecule has 0 saturated carbocycles. The lowest BCUT2D eigenvalue weighted by Crippen LogP contribution is -2.36. The van der Waals surface area contributed by atoms with Gasteiger partial charge in [0.05, 0.1) is 6.10 Å². The summed E-state index contributed by atoms with van der Waals surface area (Å²) < 4.78 is 64.6. The van der Waals surface area contributed by atoms with Gasteiger partial charge >= 0.3 is 12.3 Å². The number of carbonyl (C=O) groups is 1. The fraction of sp³-hybridized carbons (Fsp3) is 0.316. The van der Waals surface area contributed by atoms with E-state index in [0.717, 1.165) is 24.3 Å². The second kappa shape index (κ2) is 8.66. The lowest BCUT2D eigenvalue weighted by Gasteiger charge is -2.25. The number of alkyl halides is 4. The Morgan fingerprint density at radius 1 is 1.04 bits per heavy atom. The minimum Gasteiger partial charge on any atom is -0.550 e. The van der Waals surface area contributed by atoms with E-state index in [1.807, 2.05) is 0 Å². The van der Waals surface area contributed by atoms with Gasteiger partial charge in [0.1, 0.15) is 11.9 Å². The smallest absolute Gasteiger partial charge is 0.336 e. The van der Waals surface area contributed by atoms with Crippen LogP contribution in [-0.2, 0) is 11.2 Å². The van der Waals surface area contributed by atoms with Crippen molar-refractivity contribution in [3.8, 4) is 0 Å². The van der Waals surface area contributed by atoms with Crippen LogP contribution in [0.2, 0.25) is 0 Å². The highest BCUT2D eigenvalue weighted by Crippen LogP contribution is 2.37. The SMILES string of the molecule is O=C([O-])C(Cc1cccc(C(O)C(F)(F)C(F)F)c1)C(O)c1ccc(F)cc1. The van der Waals surface area contributed by atoms with Gasteiger partial charge in [-0.1, -0.05) is 36.4 Å². The quantitative estimate of drug-likeness (QED) is 0.664. The largest absolute Gasteiger partial charge is 0.550 e. The summed E-state index contributed by atoms with van der Waals surface area (Å²) in [7, 11) is 0. The minimum absolute atomic E-state index is 0.0935. The Hall–Kier alpha value is -2.52. The number of carboxylic acids is 1. The van der Waals surface area contributed by atoms with Crippen LogP contribution in [0.4, 0.5) is 22.0 Å². The van der Waals surface area contributed by atoms with Gasteiger partial charge in [0.25, 0.3) is 0 Å². The van der Waals surface area contributed by atoms with Crippen LogP contribution in [-0.4, -0.2) is 28.5 Å². The molecule has 0 aliphatic carbocycles. The molecule has 4 nitrogen and oxygen atoms in total. The minimum atomic E-state index is -4.69. The molecule has 2 N–H and O–H groups in total. The Balaban J connectivity index is 2.26. The summed E-state index contributed by atoms with van der Waals surface area (Å²) in [6.45, 7) is 0. The Kier molecular flexibility index (Phi) is 6.73. The van der Waals surface area contributed by atoms with Crippen molar-refractivity contribution >= 4 is 5.97 Å². The van der Waals surface area contributed by atoms with Crippen LogP contribution >= 0.6 is 0 Å². The van der Waals surface area contributed by atoms with Gasteiger partial charge in [-0.15, -0.1) is 0 Å². The molecule has 0 aliphatic rings. The fourth-order valence-corrected chi connectivity index (χ4v) is 2.70. The van der Waals surface area contributed by atoms with Gasteiger partial charge in [0, 0.05) is 11.9 Å². The number of hydrogen-bond acceptors (Lipinski definition) is 4. The van der Waals surface area contributed by atoms with Crippen molar-refractivity contribution in [1.29, 1.82) is 0 Å². The number of halogens is 5. The van der Waals surface area contributed by atoms with Crippen LogP contribution in [0.5, 0.6) is 0 Å². The fourth-order valence-electron chi connectivity index (χ4n) is 2.70. The van der Waals surface area contributed by atoms with Gasteiger partial charge in [0.2, 0.25) is 0 Å². The third-order valence-electron chi connectivity index (χ3n) is 4.27. The van der Waals surface area contributed by atoms with Gasteiger partial charge in [-0.3, -0.25) is 0 Å². The molecule has 0 heterocycles. The zero-order chi connectivity index (χ0) is 21.1. The number of hydrogen-bond donors (Lipinski definition) is 2. The molecule has 28 heavy (non-hydrogen) atoms. The highest BCUT2D eigenvalue weighted by Gasteiger charge is 2.48. The van der Waals surface area contributed by atoms with E-state index < -0.39 is 54.2 Å². The molecule has 2 aromatic rings. The van der Waals surface area contributed by atoms with Crippen LogP contribution < -0.4 is 5.11 Å². The summed E-state index contributed by atoms with van der Waals surface area (Å²) in [6.07, 6.45) is -8.89. The molecule has 0 saturated heterocycles. The van der Waals surface area contributed by atoms with E-state index in [1.54, 1.807) is 0 Å². The van der Waals surface area contributed by atoms with Crippen LogP contribution in [0.15, 0.2) is 48.5 Å². The molecule has 0 radical (unpaired) electrons. The highest BCUT2D eigenvalue weighted by molar-refractivity contribution is 5.69.